The Morgan fingerprint density at radius 3 is 2.00 bits per heavy atom. The minimum atomic E-state index is -1.09. The largest absolute Gasteiger partial charge is 0.445 e. The van der Waals surface area contributed by atoms with Gasteiger partial charge >= 0.3 is 12.2 Å². The number of carbonyl (C=O) groups is 3. The zero-order valence-electron chi connectivity index (χ0n) is 28.0. The summed E-state index contributed by atoms with van der Waals surface area (Å²) in [4.78, 5) is 51.7. The Kier molecular flexibility index (Phi) is 14.0. The van der Waals surface area contributed by atoms with Crippen LogP contribution in [-0.4, -0.2) is 62.4 Å². The van der Waals surface area contributed by atoms with Gasteiger partial charge in [-0.15, -0.1) is 0 Å². The number of hydrogen-bond acceptors (Lipinski definition) is 9. The fraction of sp³-hybridized carbons (Fsp3) is 0.351. The number of aliphatic hydroxyl groups is 1. The zero-order valence-corrected chi connectivity index (χ0v) is 28.0. The summed E-state index contributed by atoms with van der Waals surface area (Å²) in [5, 5.41) is 20.2. The predicted molar refractivity (Wildman–Crippen MR) is 183 cm³/mol. The number of hydrogen-bond donors (Lipinski definition) is 4. The van der Waals surface area contributed by atoms with Gasteiger partial charge in [0.05, 0.1) is 29.7 Å². The van der Waals surface area contributed by atoms with Gasteiger partial charge in [-0.1, -0.05) is 80.6 Å². The second-order valence-electron chi connectivity index (χ2n) is 12.2. The van der Waals surface area contributed by atoms with E-state index in [1.54, 1.807) is 51.5 Å². The number of ether oxygens (including phenoxy) is 2. The predicted octanol–water partition coefficient (Wildman–Crippen LogP) is 4.45. The summed E-state index contributed by atoms with van der Waals surface area (Å²) in [5.74, 6) is -0.784. The van der Waals surface area contributed by atoms with Gasteiger partial charge in [-0.3, -0.25) is 19.7 Å². The number of pyridine rings is 1. The molecule has 0 saturated carbocycles. The van der Waals surface area contributed by atoms with E-state index in [0.717, 1.165) is 16.7 Å². The van der Waals surface area contributed by atoms with Gasteiger partial charge in [0.15, 0.2) is 0 Å². The first-order valence-corrected chi connectivity index (χ1v) is 16.3. The van der Waals surface area contributed by atoms with Crippen LogP contribution in [0.3, 0.4) is 0 Å². The first-order valence-electron chi connectivity index (χ1n) is 16.3. The van der Waals surface area contributed by atoms with Crippen LogP contribution in [0.4, 0.5) is 9.59 Å². The SMILES string of the molecule is Cc1cncc(COC(=O)N[C@H](C(=O)N[C@@H](Cc2ccccc2)[C@@H](O)C[C@H](Cc2ccccc2)NC(=O)OCc2cccnc2)C(C)C)n1. The molecule has 4 atom stereocenters. The van der Waals surface area contributed by atoms with E-state index < -0.39 is 42.3 Å². The van der Waals surface area contributed by atoms with Gasteiger partial charge in [-0.2, -0.15) is 0 Å². The Hall–Kier alpha value is -5.36. The van der Waals surface area contributed by atoms with Gasteiger partial charge in [0.25, 0.3) is 0 Å². The van der Waals surface area contributed by atoms with Crippen LogP contribution in [0.5, 0.6) is 0 Å². The van der Waals surface area contributed by atoms with Crippen molar-refractivity contribution < 1.29 is 29.0 Å². The molecule has 4 aromatic rings. The van der Waals surface area contributed by atoms with Crippen LogP contribution >= 0.6 is 0 Å². The molecule has 2 aromatic heterocycles. The van der Waals surface area contributed by atoms with Crippen molar-refractivity contribution in [3.05, 3.63) is 126 Å². The maximum atomic E-state index is 13.7. The third-order valence-electron chi connectivity index (χ3n) is 7.73. The summed E-state index contributed by atoms with van der Waals surface area (Å²) in [6.07, 6.45) is 4.67. The Bertz CT molecular complexity index is 1610. The van der Waals surface area contributed by atoms with E-state index in [0.29, 0.717) is 24.2 Å². The number of carbonyl (C=O) groups excluding carboxylic acids is 3. The first kappa shape index (κ1) is 36.5. The maximum Gasteiger partial charge on any atom is 0.408 e. The number of aromatic nitrogens is 3. The Morgan fingerprint density at radius 1 is 0.735 bits per heavy atom. The van der Waals surface area contributed by atoms with E-state index in [9.17, 15) is 19.5 Å². The fourth-order valence-electron chi connectivity index (χ4n) is 5.24. The lowest BCUT2D eigenvalue weighted by molar-refractivity contribution is -0.125. The van der Waals surface area contributed by atoms with E-state index in [1.165, 1.54) is 6.20 Å². The minimum absolute atomic E-state index is 0.0391. The fourth-order valence-corrected chi connectivity index (χ4v) is 5.24. The number of nitrogens with zero attached hydrogens (tertiary/aromatic N) is 3. The molecule has 0 aliphatic heterocycles. The molecule has 4 rings (SSSR count). The quantitative estimate of drug-likeness (QED) is 0.135. The third-order valence-corrected chi connectivity index (χ3v) is 7.73. The van der Waals surface area contributed by atoms with E-state index >= 15 is 0 Å². The molecule has 0 aliphatic rings. The van der Waals surface area contributed by atoms with Crippen molar-refractivity contribution in [1.82, 2.24) is 30.9 Å². The summed E-state index contributed by atoms with van der Waals surface area (Å²) in [5.41, 5.74) is 3.75. The van der Waals surface area contributed by atoms with Crippen LogP contribution in [0.2, 0.25) is 0 Å². The lowest BCUT2D eigenvalue weighted by Gasteiger charge is -2.30. The maximum absolute atomic E-state index is 13.7. The van der Waals surface area contributed by atoms with Crippen LogP contribution in [0.1, 0.15) is 48.3 Å². The summed E-state index contributed by atoms with van der Waals surface area (Å²) in [7, 11) is 0. The van der Waals surface area contributed by atoms with Crippen LogP contribution in [0.25, 0.3) is 0 Å². The molecule has 3 amide bonds. The molecule has 0 saturated heterocycles. The highest BCUT2D eigenvalue weighted by Gasteiger charge is 2.31. The number of benzene rings is 2. The molecule has 0 spiro atoms. The van der Waals surface area contributed by atoms with E-state index in [2.05, 4.69) is 30.9 Å². The third kappa shape index (κ3) is 12.6. The summed E-state index contributed by atoms with van der Waals surface area (Å²) in [6, 6.07) is 20.4. The number of alkyl carbamates (subject to hydrolysis) is 2. The number of aryl methyl sites for hydroxylation is 1. The van der Waals surface area contributed by atoms with Gasteiger partial charge in [0.1, 0.15) is 19.3 Å². The molecule has 0 radical (unpaired) electrons. The molecule has 12 heteroatoms. The van der Waals surface area contributed by atoms with Gasteiger partial charge in [0.2, 0.25) is 5.91 Å². The van der Waals surface area contributed by atoms with Crippen molar-refractivity contribution in [2.24, 2.45) is 5.92 Å². The topological polar surface area (TPSA) is 165 Å². The summed E-state index contributed by atoms with van der Waals surface area (Å²) < 4.78 is 10.8. The van der Waals surface area contributed by atoms with Crippen molar-refractivity contribution in [3.8, 4) is 0 Å². The second kappa shape index (κ2) is 18.8. The lowest BCUT2D eigenvalue weighted by atomic mass is 9.93. The monoisotopic (exact) mass is 668 g/mol. The highest BCUT2D eigenvalue weighted by molar-refractivity contribution is 5.86. The van der Waals surface area contributed by atoms with Gasteiger partial charge in [0, 0.05) is 30.2 Å². The average molecular weight is 669 g/mol. The van der Waals surface area contributed by atoms with Crippen molar-refractivity contribution in [2.45, 2.75) is 77.5 Å². The number of aliphatic hydroxyl groups excluding tert-OH is 1. The molecule has 0 fully saturated rings. The molecular weight excluding hydrogens is 624 g/mol. The van der Waals surface area contributed by atoms with Crippen molar-refractivity contribution in [2.75, 3.05) is 0 Å². The molecule has 0 unspecified atom stereocenters. The van der Waals surface area contributed by atoms with Crippen LogP contribution in [-0.2, 0) is 40.3 Å². The average Bonchev–Trinajstić information content (AvgIpc) is 3.09. The summed E-state index contributed by atoms with van der Waals surface area (Å²) in [6.45, 7) is 5.32. The lowest BCUT2D eigenvalue weighted by Crippen LogP contribution is -2.56. The Balaban J connectivity index is 1.46. The van der Waals surface area contributed by atoms with E-state index in [1.807, 2.05) is 60.7 Å². The molecule has 12 nitrogen and oxygen atoms in total. The molecule has 0 aliphatic carbocycles. The molecular formula is C37H44N6O6. The van der Waals surface area contributed by atoms with Crippen molar-refractivity contribution in [1.29, 1.82) is 0 Å². The van der Waals surface area contributed by atoms with Crippen LogP contribution in [0.15, 0.2) is 97.6 Å². The molecule has 2 aromatic carbocycles. The Morgan fingerprint density at radius 2 is 1.37 bits per heavy atom. The summed E-state index contributed by atoms with van der Waals surface area (Å²) >= 11 is 0. The van der Waals surface area contributed by atoms with Crippen molar-refractivity contribution in [3.63, 3.8) is 0 Å². The number of rotatable bonds is 16. The Labute approximate surface area is 286 Å². The van der Waals surface area contributed by atoms with Gasteiger partial charge in [-0.25, -0.2) is 9.59 Å². The highest BCUT2D eigenvalue weighted by Crippen LogP contribution is 2.16. The zero-order chi connectivity index (χ0) is 35.0. The van der Waals surface area contributed by atoms with Gasteiger partial charge in [-0.05, 0) is 49.3 Å². The first-order chi connectivity index (χ1) is 23.7. The van der Waals surface area contributed by atoms with Crippen LogP contribution in [0, 0.1) is 12.8 Å². The molecule has 258 valence electrons. The number of amides is 3. The highest BCUT2D eigenvalue weighted by atomic mass is 16.6. The molecule has 49 heavy (non-hydrogen) atoms. The molecule has 2 heterocycles. The molecule has 0 bridgehead atoms. The minimum Gasteiger partial charge on any atom is -0.445 e. The standard InChI is InChI=1S/C37H44N6O6/c1-25(2)34(43-37(47)49-24-31-22-39-20-26(3)40-31)35(45)42-32(18-28-13-8-5-9-14-28)33(44)19-30(17-27-11-6-4-7-12-27)41-36(46)48-23-29-15-10-16-38-21-29/h4-16,20-22,25,30,32-34,44H,17-19,23-24H2,1-3H3,(H,41,46)(H,42,45)(H,43,47)/t30-,32-,33-,34-/m0/s1. The van der Waals surface area contributed by atoms with Crippen LogP contribution < -0.4 is 16.0 Å². The van der Waals surface area contributed by atoms with Crippen molar-refractivity contribution >= 4 is 18.1 Å². The van der Waals surface area contributed by atoms with Gasteiger partial charge < -0.3 is 30.5 Å². The normalized spacial score (nSPS) is 13.4. The van der Waals surface area contributed by atoms with E-state index in [-0.39, 0.29) is 25.6 Å². The smallest absolute Gasteiger partial charge is 0.408 e. The number of nitrogens with one attached hydrogen (secondary N) is 3. The van der Waals surface area contributed by atoms with E-state index in [4.69, 9.17) is 9.47 Å². The molecule has 4 N–H and O–H groups in total. The second-order valence-corrected chi connectivity index (χ2v) is 12.2.